The molecule has 6 nitrogen and oxygen atoms in total. The average molecular weight is 433 g/mol. The van der Waals surface area contributed by atoms with Crippen LogP contribution in [0.3, 0.4) is 0 Å². The van der Waals surface area contributed by atoms with Crippen LogP contribution in [0.1, 0.15) is 84.6 Å². The molecule has 0 saturated heterocycles. The molecule has 0 fully saturated rings. The minimum Gasteiger partial charge on any atom is -0.338 e. The smallest absolute Gasteiger partial charge is 0.319 e. The predicted molar refractivity (Wildman–Crippen MR) is 132 cm³/mol. The Labute approximate surface area is 189 Å². The van der Waals surface area contributed by atoms with E-state index in [-0.39, 0.29) is 12.1 Å². The van der Waals surface area contributed by atoms with Gasteiger partial charge < -0.3 is 21.3 Å². The average Bonchev–Trinajstić information content (AvgIpc) is 2.76. The number of unbranched alkanes of at least 4 members (excludes halogenated alkanes) is 2. The Morgan fingerprint density at radius 3 is 1.81 bits per heavy atom. The summed E-state index contributed by atoms with van der Waals surface area (Å²) in [4.78, 5) is 24.7. The molecule has 0 heterocycles. The van der Waals surface area contributed by atoms with Crippen LogP contribution in [0.15, 0.2) is 18.2 Å². The molecule has 0 unspecified atom stereocenters. The van der Waals surface area contributed by atoms with Gasteiger partial charge >= 0.3 is 12.1 Å². The van der Waals surface area contributed by atoms with Gasteiger partial charge in [-0.25, -0.2) is 9.59 Å². The van der Waals surface area contributed by atoms with Crippen LogP contribution in [0, 0.1) is 18.8 Å². The molecule has 6 heteroatoms. The highest BCUT2D eigenvalue weighted by molar-refractivity contribution is 5.93. The predicted octanol–water partition coefficient (Wildman–Crippen LogP) is 6.67. The van der Waals surface area contributed by atoms with Gasteiger partial charge in [0.25, 0.3) is 0 Å². The highest BCUT2D eigenvalue weighted by atomic mass is 16.2. The van der Waals surface area contributed by atoms with E-state index in [4.69, 9.17) is 0 Å². The summed E-state index contributed by atoms with van der Waals surface area (Å²) in [5.41, 5.74) is 2.31. The van der Waals surface area contributed by atoms with E-state index in [9.17, 15) is 9.59 Å². The molecule has 0 spiro atoms. The first-order chi connectivity index (χ1) is 14.9. The summed E-state index contributed by atoms with van der Waals surface area (Å²) in [7, 11) is 0. The van der Waals surface area contributed by atoms with E-state index in [1.165, 1.54) is 25.7 Å². The number of amides is 4. The number of hydrogen-bond acceptors (Lipinski definition) is 2. The van der Waals surface area contributed by atoms with Crippen molar-refractivity contribution >= 4 is 23.4 Å². The highest BCUT2D eigenvalue weighted by Gasteiger charge is 2.11. The van der Waals surface area contributed by atoms with Crippen molar-refractivity contribution < 1.29 is 9.59 Å². The van der Waals surface area contributed by atoms with Gasteiger partial charge in [-0.1, -0.05) is 72.3 Å². The summed E-state index contributed by atoms with van der Waals surface area (Å²) >= 11 is 0. The zero-order valence-corrected chi connectivity index (χ0v) is 20.3. The van der Waals surface area contributed by atoms with Gasteiger partial charge in [-0.15, -0.1) is 0 Å². The van der Waals surface area contributed by atoms with Crippen LogP contribution in [0.25, 0.3) is 0 Å². The van der Waals surface area contributed by atoms with E-state index in [0.29, 0.717) is 36.3 Å². The fourth-order valence-electron chi connectivity index (χ4n) is 3.54. The third-order valence-electron chi connectivity index (χ3n) is 5.93. The molecule has 1 rings (SSSR count). The largest absolute Gasteiger partial charge is 0.338 e. The van der Waals surface area contributed by atoms with Crippen LogP contribution in [-0.2, 0) is 0 Å². The lowest BCUT2D eigenvalue weighted by Gasteiger charge is -2.17. The number of benzene rings is 1. The van der Waals surface area contributed by atoms with E-state index >= 15 is 0 Å². The number of carbonyl (C=O) groups excluding carboxylic acids is 2. The third-order valence-corrected chi connectivity index (χ3v) is 5.93. The lowest BCUT2D eigenvalue weighted by molar-refractivity contribution is 0.248. The second kappa shape index (κ2) is 15.5. The van der Waals surface area contributed by atoms with E-state index in [0.717, 1.165) is 31.2 Å². The summed E-state index contributed by atoms with van der Waals surface area (Å²) in [5.74, 6) is 1.02. The molecule has 0 aliphatic heterocycles. The minimum atomic E-state index is -0.212. The molecule has 1 aromatic rings. The topological polar surface area (TPSA) is 82.3 Å². The van der Waals surface area contributed by atoms with Crippen LogP contribution < -0.4 is 21.3 Å². The maximum atomic E-state index is 12.4. The van der Waals surface area contributed by atoms with Crippen molar-refractivity contribution in [2.75, 3.05) is 23.7 Å². The molecule has 1 aromatic carbocycles. The van der Waals surface area contributed by atoms with Crippen molar-refractivity contribution in [3.05, 3.63) is 23.8 Å². The molecule has 0 saturated carbocycles. The summed E-state index contributed by atoms with van der Waals surface area (Å²) in [6, 6.07) is 5.14. The fraction of sp³-hybridized carbons (Fsp3) is 0.680. The molecule has 176 valence electrons. The molecule has 4 N–H and O–H groups in total. The molecule has 0 aromatic heterocycles. The molecule has 2 atom stereocenters. The summed E-state index contributed by atoms with van der Waals surface area (Å²) < 4.78 is 0. The second-order valence-electron chi connectivity index (χ2n) is 8.53. The molecule has 0 aliphatic carbocycles. The Morgan fingerprint density at radius 2 is 1.32 bits per heavy atom. The lowest BCUT2D eigenvalue weighted by Crippen LogP contribution is -2.33. The van der Waals surface area contributed by atoms with Crippen molar-refractivity contribution in [1.29, 1.82) is 0 Å². The number of urea groups is 2. The first kappa shape index (κ1) is 26.8. The van der Waals surface area contributed by atoms with E-state index in [1.54, 1.807) is 6.07 Å². The molecular formula is C25H44N4O2. The lowest BCUT2D eigenvalue weighted by atomic mass is 9.99. The summed E-state index contributed by atoms with van der Waals surface area (Å²) in [6.45, 7) is 12.0. The molecule has 0 bridgehead atoms. The standard InChI is InChI=1S/C25H44N4O2/c1-6-10-12-20(8-3)17-26-24(30)28-22-15-14-19(5)23(16-22)29-25(31)27-18-21(9-4)13-11-7-2/h14-16,20-21H,6-13,17-18H2,1-5H3,(H2,26,28,30)(H2,27,29,31)/t20-,21+/m0/s1. The first-order valence-corrected chi connectivity index (χ1v) is 12.1. The van der Waals surface area contributed by atoms with Gasteiger partial charge in [0.05, 0.1) is 0 Å². The van der Waals surface area contributed by atoms with Gasteiger partial charge in [0, 0.05) is 24.5 Å². The fourth-order valence-corrected chi connectivity index (χ4v) is 3.54. The van der Waals surface area contributed by atoms with Crippen LogP contribution in [0.2, 0.25) is 0 Å². The normalized spacial score (nSPS) is 12.7. The Hall–Kier alpha value is -2.24. The second-order valence-corrected chi connectivity index (χ2v) is 8.53. The number of hydrogen-bond donors (Lipinski definition) is 4. The Morgan fingerprint density at radius 1 is 0.806 bits per heavy atom. The van der Waals surface area contributed by atoms with Crippen molar-refractivity contribution in [1.82, 2.24) is 10.6 Å². The van der Waals surface area contributed by atoms with Crippen LogP contribution >= 0.6 is 0 Å². The van der Waals surface area contributed by atoms with E-state index < -0.39 is 0 Å². The molecule has 4 amide bonds. The van der Waals surface area contributed by atoms with Crippen LogP contribution in [0.5, 0.6) is 0 Å². The molecule has 31 heavy (non-hydrogen) atoms. The summed E-state index contributed by atoms with van der Waals surface area (Å²) in [6.07, 6.45) is 9.12. The van der Waals surface area contributed by atoms with E-state index in [1.807, 2.05) is 19.1 Å². The van der Waals surface area contributed by atoms with Crippen LogP contribution in [-0.4, -0.2) is 25.2 Å². The first-order valence-electron chi connectivity index (χ1n) is 12.1. The molecular weight excluding hydrogens is 388 g/mol. The molecule has 0 aliphatic rings. The number of nitrogens with one attached hydrogen (secondary N) is 4. The monoisotopic (exact) mass is 432 g/mol. The third kappa shape index (κ3) is 11.1. The van der Waals surface area contributed by atoms with Gasteiger partial charge in [0.15, 0.2) is 0 Å². The quantitative estimate of drug-likeness (QED) is 0.265. The van der Waals surface area contributed by atoms with Crippen molar-refractivity contribution in [3.63, 3.8) is 0 Å². The number of carbonyl (C=O) groups is 2. The maximum Gasteiger partial charge on any atom is 0.319 e. The zero-order valence-electron chi connectivity index (χ0n) is 20.3. The van der Waals surface area contributed by atoms with Gasteiger partial charge in [-0.3, -0.25) is 0 Å². The van der Waals surface area contributed by atoms with Crippen molar-refractivity contribution in [2.24, 2.45) is 11.8 Å². The van der Waals surface area contributed by atoms with Gasteiger partial charge in [0.2, 0.25) is 0 Å². The van der Waals surface area contributed by atoms with Gasteiger partial charge in [-0.05, 0) is 49.3 Å². The van der Waals surface area contributed by atoms with Crippen molar-refractivity contribution in [3.8, 4) is 0 Å². The maximum absolute atomic E-state index is 12.4. The van der Waals surface area contributed by atoms with Gasteiger partial charge in [-0.2, -0.15) is 0 Å². The zero-order chi connectivity index (χ0) is 23.1. The number of anilines is 2. The Balaban J connectivity index is 2.56. The Bertz CT molecular complexity index is 663. The van der Waals surface area contributed by atoms with Gasteiger partial charge in [0.1, 0.15) is 0 Å². The Kier molecular flexibility index (Phi) is 13.4. The minimum absolute atomic E-state index is 0.207. The highest BCUT2D eigenvalue weighted by Crippen LogP contribution is 2.20. The van der Waals surface area contributed by atoms with E-state index in [2.05, 4.69) is 49.0 Å². The van der Waals surface area contributed by atoms with Crippen LogP contribution in [0.4, 0.5) is 21.0 Å². The number of aryl methyl sites for hydroxylation is 1. The number of rotatable bonds is 14. The summed E-state index contributed by atoms with van der Waals surface area (Å²) in [5, 5.41) is 11.8. The molecule has 0 radical (unpaired) electrons. The SMILES string of the molecule is CCCC[C@@H](CC)CNC(=O)Nc1cc(NC(=O)NC[C@@H](CC)CCCC)ccc1C. The van der Waals surface area contributed by atoms with Crippen molar-refractivity contribution in [2.45, 2.75) is 86.0 Å².